The van der Waals surface area contributed by atoms with Crippen molar-refractivity contribution in [3.05, 3.63) is 69.5 Å². The van der Waals surface area contributed by atoms with Gasteiger partial charge in [0.15, 0.2) is 0 Å². The number of carboxylic acid groups (broad SMARTS) is 1. The molecule has 1 amide bonds. The molecule has 29 heavy (non-hydrogen) atoms. The molecule has 154 valence electrons. The van der Waals surface area contributed by atoms with Crippen molar-refractivity contribution in [3.63, 3.8) is 0 Å². The fourth-order valence-electron chi connectivity index (χ4n) is 3.46. The summed E-state index contributed by atoms with van der Waals surface area (Å²) in [6.07, 6.45) is -2.15. The maximum atomic E-state index is 13.1. The van der Waals surface area contributed by atoms with E-state index in [0.717, 1.165) is 10.5 Å². The van der Waals surface area contributed by atoms with Crippen molar-refractivity contribution in [1.82, 2.24) is 4.90 Å². The van der Waals surface area contributed by atoms with Crippen LogP contribution in [0.15, 0.2) is 42.5 Å². The van der Waals surface area contributed by atoms with Crippen LogP contribution in [0.5, 0.6) is 5.75 Å². The van der Waals surface area contributed by atoms with Crippen LogP contribution in [0.1, 0.15) is 31.0 Å². The van der Waals surface area contributed by atoms with E-state index in [4.69, 9.17) is 4.74 Å². The summed E-state index contributed by atoms with van der Waals surface area (Å²) in [5.41, 5.74) is -0.273. The van der Waals surface area contributed by atoms with Crippen LogP contribution in [-0.2, 0) is 6.42 Å². The number of rotatable bonds is 5. The maximum Gasteiger partial charge on any atom is 0.407 e. The van der Waals surface area contributed by atoms with E-state index in [9.17, 15) is 29.5 Å². The molecule has 3 rings (SSSR count). The third kappa shape index (κ3) is 4.14. The zero-order valence-electron chi connectivity index (χ0n) is 15.9. The van der Waals surface area contributed by atoms with E-state index >= 15 is 0 Å². The van der Waals surface area contributed by atoms with E-state index in [1.54, 1.807) is 26.0 Å². The summed E-state index contributed by atoms with van der Waals surface area (Å²) >= 11 is 0. The van der Waals surface area contributed by atoms with Gasteiger partial charge in [-0.2, -0.15) is 0 Å². The fraction of sp³-hybridized carbons (Fsp3) is 0.350. The van der Waals surface area contributed by atoms with Gasteiger partial charge in [0.1, 0.15) is 23.3 Å². The van der Waals surface area contributed by atoms with Gasteiger partial charge in [-0.1, -0.05) is 12.1 Å². The molecule has 9 heteroatoms. The topological polar surface area (TPSA) is 113 Å². The Labute approximate surface area is 166 Å². The number of nitro benzene ring substituents is 1. The van der Waals surface area contributed by atoms with Gasteiger partial charge in [0.05, 0.1) is 17.0 Å². The highest BCUT2D eigenvalue weighted by molar-refractivity contribution is 5.67. The van der Waals surface area contributed by atoms with Crippen LogP contribution in [0.3, 0.4) is 0 Å². The summed E-state index contributed by atoms with van der Waals surface area (Å²) < 4.78 is 18.8. The number of fused-ring (bicyclic) bond motifs is 1. The van der Waals surface area contributed by atoms with Crippen molar-refractivity contribution in [2.75, 3.05) is 6.54 Å². The molecule has 8 nitrogen and oxygen atoms in total. The highest BCUT2D eigenvalue weighted by atomic mass is 19.1. The Morgan fingerprint density at radius 3 is 2.52 bits per heavy atom. The van der Waals surface area contributed by atoms with E-state index in [0.29, 0.717) is 12.0 Å². The van der Waals surface area contributed by atoms with Crippen LogP contribution >= 0.6 is 0 Å². The van der Waals surface area contributed by atoms with Crippen molar-refractivity contribution < 1.29 is 29.1 Å². The lowest BCUT2D eigenvalue weighted by atomic mass is 9.85. The molecule has 0 saturated carbocycles. The average Bonchev–Trinajstić information content (AvgIpc) is 2.65. The zero-order valence-corrected chi connectivity index (χ0v) is 15.9. The van der Waals surface area contributed by atoms with Crippen LogP contribution in [-0.4, -0.2) is 44.4 Å². The molecule has 0 aromatic heterocycles. The van der Waals surface area contributed by atoms with Gasteiger partial charge in [0, 0.05) is 18.2 Å². The number of hydrogen-bond donors (Lipinski definition) is 2. The Morgan fingerprint density at radius 1 is 1.28 bits per heavy atom. The minimum atomic E-state index is -1.25. The number of aliphatic hydroxyl groups is 1. The van der Waals surface area contributed by atoms with E-state index < -0.39 is 28.8 Å². The van der Waals surface area contributed by atoms with Crippen LogP contribution in [0.4, 0.5) is 14.9 Å². The Balaban J connectivity index is 1.97. The third-order valence-corrected chi connectivity index (χ3v) is 5.05. The van der Waals surface area contributed by atoms with E-state index in [1.165, 1.54) is 30.3 Å². The second-order valence-corrected chi connectivity index (χ2v) is 7.43. The van der Waals surface area contributed by atoms with Gasteiger partial charge in [-0.15, -0.1) is 0 Å². The van der Waals surface area contributed by atoms with E-state index in [-0.39, 0.29) is 23.8 Å². The van der Waals surface area contributed by atoms with Gasteiger partial charge in [-0.3, -0.25) is 15.0 Å². The van der Waals surface area contributed by atoms with E-state index in [2.05, 4.69) is 0 Å². The zero-order chi connectivity index (χ0) is 21.3. The molecule has 2 N–H and O–H groups in total. The lowest BCUT2D eigenvalue weighted by Crippen LogP contribution is -2.54. The van der Waals surface area contributed by atoms with Crippen molar-refractivity contribution in [2.45, 2.75) is 38.0 Å². The van der Waals surface area contributed by atoms with Gasteiger partial charge in [-0.05, 0) is 44.0 Å². The van der Waals surface area contributed by atoms with Crippen LogP contribution < -0.4 is 4.74 Å². The summed E-state index contributed by atoms with van der Waals surface area (Å²) in [6.45, 7) is 3.22. The lowest BCUT2D eigenvalue weighted by molar-refractivity contribution is -0.385. The van der Waals surface area contributed by atoms with Gasteiger partial charge >= 0.3 is 6.09 Å². The number of hydrogen-bond acceptors (Lipinski definition) is 5. The summed E-state index contributed by atoms with van der Waals surface area (Å²) in [4.78, 5) is 23.6. The van der Waals surface area contributed by atoms with Gasteiger partial charge in [0.25, 0.3) is 5.69 Å². The molecule has 1 heterocycles. The highest BCUT2D eigenvalue weighted by Crippen LogP contribution is 2.44. The van der Waals surface area contributed by atoms with Crippen molar-refractivity contribution >= 4 is 11.8 Å². The summed E-state index contributed by atoms with van der Waals surface area (Å²) in [7, 11) is 0. The number of benzene rings is 2. The maximum absolute atomic E-state index is 13.1. The first-order chi connectivity index (χ1) is 13.6. The quantitative estimate of drug-likeness (QED) is 0.582. The number of carbonyl (C=O) groups is 1. The second-order valence-electron chi connectivity index (χ2n) is 7.43. The first-order valence-electron chi connectivity index (χ1n) is 8.99. The smallest absolute Gasteiger partial charge is 0.407 e. The van der Waals surface area contributed by atoms with Crippen molar-refractivity contribution in [3.8, 4) is 5.75 Å². The number of nitro groups is 1. The summed E-state index contributed by atoms with van der Waals surface area (Å²) in [6, 6.07) is 8.63. The Kier molecular flexibility index (Phi) is 5.43. The summed E-state index contributed by atoms with van der Waals surface area (Å²) in [5, 5.41) is 31.8. The largest absolute Gasteiger partial charge is 0.484 e. The van der Waals surface area contributed by atoms with Gasteiger partial charge in [-0.25, -0.2) is 9.18 Å². The number of aliphatic hydroxyl groups excluding tert-OH is 1. The number of amides is 1. The molecule has 2 atom stereocenters. The molecule has 0 fully saturated rings. The Hall–Kier alpha value is -3.20. The number of ether oxygens (including phenoxy) is 1. The van der Waals surface area contributed by atoms with Crippen molar-refractivity contribution in [2.24, 2.45) is 0 Å². The van der Waals surface area contributed by atoms with Crippen LogP contribution in [0.2, 0.25) is 0 Å². The van der Waals surface area contributed by atoms with Gasteiger partial charge in [0.2, 0.25) is 0 Å². The van der Waals surface area contributed by atoms with Crippen LogP contribution in [0, 0.1) is 15.9 Å². The first kappa shape index (κ1) is 20.5. The highest BCUT2D eigenvalue weighted by Gasteiger charge is 2.47. The summed E-state index contributed by atoms with van der Waals surface area (Å²) in [5.74, 6) is -0.228. The molecule has 2 aromatic carbocycles. The van der Waals surface area contributed by atoms with Gasteiger partial charge < -0.3 is 14.9 Å². The third-order valence-electron chi connectivity index (χ3n) is 5.05. The number of nitrogens with zero attached hydrogens (tertiary/aromatic N) is 2. The molecule has 1 aliphatic heterocycles. The molecule has 0 saturated heterocycles. The normalized spacial score (nSPS) is 19.7. The predicted octanol–water partition coefficient (Wildman–Crippen LogP) is 3.53. The fourth-order valence-corrected chi connectivity index (χ4v) is 3.46. The SMILES string of the molecule is CC1(C)Oc2cc([N+](=O)[O-])ccc2C(N(CCc2ccc(F)cc2)C(=O)O)C1O. The molecule has 1 aliphatic rings. The Morgan fingerprint density at radius 2 is 1.93 bits per heavy atom. The second kappa shape index (κ2) is 7.67. The van der Waals surface area contributed by atoms with Crippen molar-refractivity contribution in [1.29, 1.82) is 0 Å². The molecular weight excluding hydrogens is 383 g/mol. The minimum Gasteiger partial charge on any atom is -0.484 e. The van der Waals surface area contributed by atoms with E-state index in [1.807, 2.05) is 0 Å². The lowest BCUT2D eigenvalue weighted by Gasteiger charge is -2.45. The average molecular weight is 404 g/mol. The molecule has 0 bridgehead atoms. The predicted molar refractivity (Wildman–Crippen MR) is 101 cm³/mol. The standard InChI is InChI=1S/C20H21FN2O6/c1-20(2)18(24)17(15-8-7-14(23(27)28)11-16(15)29-20)22(19(25)26)10-9-12-3-5-13(21)6-4-12/h3-8,11,17-18,24H,9-10H2,1-2H3,(H,25,26). The number of halogens is 1. The molecular formula is C20H21FN2O6. The molecule has 0 aliphatic carbocycles. The monoisotopic (exact) mass is 404 g/mol. The first-order valence-corrected chi connectivity index (χ1v) is 8.99. The molecule has 0 spiro atoms. The Bertz CT molecular complexity index is 931. The molecule has 0 radical (unpaired) electrons. The number of non-ortho nitro benzene ring substituents is 1. The minimum absolute atomic E-state index is 0.0369. The molecule has 2 aromatic rings. The van der Waals surface area contributed by atoms with Crippen LogP contribution in [0.25, 0.3) is 0 Å². The molecule has 2 unspecified atom stereocenters.